The van der Waals surface area contributed by atoms with Gasteiger partial charge in [-0.2, -0.15) is 11.8 Å². The molecule has 0 aliphatic heterocycles. The Morgan fingerprint density at radius 2 is 2.13 bits per heavy atom. The van der Waals surface area contributed by atoms with Gasteiger partial charge in [0, 0.05) is 0 Å². The molecule has 1 atom stereocenters. The second-order valence-electron chi connectivity index (χ2n) is 4.01. The van der Waals surface area contributed by atoms with Crippen molar-refractivity contribution in [2.45, 2.75) is 50.8 Å². The fraction of sp³-hybridized carbons (Fsp3) is 0.909. The molecule has 0 heterocycles. The van der Waals surface area contributed by atoms with Crippen molar-refractivity contribution in [2.24, 2.45) is 0 Å². The minimum atomic E-state index is -0.734. The number of carbonyl (C=O) groups is 1. The van der Waals surface area contributed by atoms with Gasteiger partial charge in [-0.25, -0.2) is 0 Å². The lowest BCUT2D eigenvalue weighted by Gasteiger charge is -2.27. The summed E-state index contributed by atoms with van der Waals surface area (Å²) < 4.78 is 0. The van der Waals surface area contributed by atoms with Crippen LogP contribution in [0.1, 0.15) is 40.0 Å². The minimum absolute atomic E-state index is 0.625. The second-order valence-corrected chi connectivity index (χ2v) is 5.70. The van der Waals surface area contributed by atoms with Crippen LogP contribution in [0.3, 0.4) is 0 Å². The third-order valence-electron chi connectivity index (χ3n) is 2.69. The molecule has 4 heteroatoms. The average molecular weight is 233 g/mol. The van der Waals surface area contributed by atoms with Crippen LogP contribution in [0.25, 0.3) is 0 Å². The first-order valence-electron chi connectivity index (χ1n) is 5.52. The Kier molecular flexibility index (Phi) is 7.02. The van der Waals surface area contributed by atoms with Crippen molar-refractivity contribution in [3.63, 3.8) is 0 Å². The largest absolute Gasteiger partial charge is 0.480 e. The summed E-state index contributed by atoms with van der Waals surface area (Å²) in [4.78, 5) is 11.1. The fourth-order valence-corrected chi connectivity index (χ4v) is 2.32. The number of nitrogens with one attached hydrogen (secondary N) is 1. The van der Waals surface area contributed by atoms with Crippen LogP contribution in [0, 0.1) is 0 Å². The maximum atomic E-state index is 11.1. The van der Waals surface area contributed by atoms with Gasteiger partial charge in [0.1, 0.15) is 5.54 Å². The molecular formula is C11H23NO2S. The van der Waals surface area contributed by atoms with Gasteiger partial charge in [0.15, 0.2) is 0 Å². The highest BCUT2D eigenvalue weighted by Crippen LogP contribution is 2.20. The highest BCUT2D eigenvalue weighted by Gasteiger charge is 2.33. The maximum absolute atomic E-state index is 11.1. The Morgan fingerprint density at radius 3 is 2.47 bits per heavy atom. The van der Waals surface area contributed by atoms with Crippen molar-refractivity contribution in [2.75, 3.05) is 12.8 Å². The zero-order valence-electron chi connectivity index (χ0n) is 10.2. The number of carboxylic acids is 1. The first kappa shape index (κ1) is 14.8. The monoisotopic (exact) mass is 233 g/mol. The fourth-order valence-electron chi connectivity index (χ4n) is 1.54. The van der Waals surface area contributed by atoms with E-state index in [2.05, 4.69) is 19.2 Å². The molecule has 0 saturated heterocycles. The van der Waals surface area contributed by atoms with Gasteiger partial charge in [-0.3, -0.25) is 4.79 Å². The van der Waals surface area contributed by atoms with Crippen molar-refractivity contribution < 1.29 is 9.90 Å². The molecule has 0 fully saturated rings. The molecule has 2 N–H and O–H groups in total. The Bertz CT molecular complexity index is 191. The molecule has 0 aromatic heterocycles. The van der Waals surface area contributed by atoms with E-state index in [0.29, 0.717) is 18.1 Å². The smallest absolute Gasteiger partial charge is 0.323 e. The van der Waals surface area contributed by atoms with Gasteiger partial charge in [-0.05, 0) is 37.3 Å². The Balaban J connectivity index is 4.02. The van der Waals surface area contributed by atoms with E-state index in [-0.39, 0.29) is 0 Å². The third kappa shape index (κ3) is 4.89. The molecular weight excluding hydrogens is 210 g/mol. The number of carboxylic acid groups (broad SMARTS) is 1. The zero-order valence-corrected chi connectivity index (χ0v) is 11.0. The minimum Gasteiger partial charge on any atom is -0.480 e. The Morgan fingerprint density at radius 1 is 1.53 bits per heavy atom. The molecule has 0 aliphatic carbocycles. The van der Waals surface area contributed by atoms with Crippen LogP contribution in [0.2, 0.25) is 0 Å². The summed E-state index contributed by atoms with van der Waals surface area (Å²) in [6.07, 6.45) is 2.28. The third-order valence-corrected chi connectivity index (χ3v) is 3.88. The van der Waals surface area contributed by atoms with Gasteiger partial charge in [-0.1, -0.05) is 20.8 Å². The summed E-state index contributed by atoms with van der Waals surface area (Å²) in [6, 6.07) is 0. The van der Waals surface area contributed by atoms with Gasteiger partial charge in [0.05, 0.1) is 0 Å². The van der Waals surface area contributed by atoms with E-state index < -0.39 is 11.5 Å². The zero-order chi connectivity index (χ0) is 11.9. The van der Waals surface area contributed by atoms with E-state index in [0.717, 1.165) is 12.2 Å². The number of rotatable bonds is 8. The van der Waals surface area contributed by atoms with Crippen LogP contribution in [-0.2, 0) is 4.79 Å². The molecule has 1 unspecified atom stereocenters. The number of likely N-dealkylation sites (N-methyl/N-ethyl adjacent to an activating group) is 1. The van der Waals surface area contributed by atoms with Crippen LogP contribution in [0.4, 0.5) is 0 Å². The molecule has 0 radical (unpaired) electrons. The highest BCUT2D eigenvalue weighted by atomic mass is 32.2. The molecule has 0 spiro atoms. The van der Waals surface area contributed by atoms with Crippen molar-refractivity contribution in [1.29, 1.82) is 0 Å². The molecule has 90 valence electrons. The number of aliphatic carboxylic acids is 1. The van der Waals surface area contributed by atoms with Gasteiger partial charge in [-0.15, -0.1) is 0 Å². The molecule has 0 rings (SSSR count). The quantitative estimate of drug-likeness (QED) is 0.632. The van der Waals surface area contributed by atoms with E-state index >= 15 is 0 Å². The van der Waals surface area contributed by atoms with Gasteiger partial charge in [0.2, 0.25) is 0 Å². The molecule has 0 saturated carbocycles. The highest BCUT2D eigenvalue weighted by molar-refractivity contribution is 7.99. The molecule has 0 amide bonds. The first-order chi connectivity index (χ1) is 6.98. The number of hydrogen-bond acceptors (Lipinski definition) is 3. The van der Waals surface area contributed by atoms with E-state index in [4.69, 9.17) is 5.11 Å². The summed E-state index contributed by atoms with van der Waals surface area (Å²) in [6.45, 7) is 6.24. The second kappa shape index (κ2) is 7.12. The Hall–Kier alpha value is -0.220. The van der Waals surface area contributed by atoms with Crippen LogP contribution in [0.5, 0.6) is 0 Å². The molecule has 0 aliphatic rings. The van der Waals surface area contributed by atoms with E-state index in [9.17, 15) is 4.79 Å². The van der Waals surface area contributed by atoms with E-state index in [1.165, 1.54) is 0 Å². The molecule has 0 bridgehead atoms. The topological polar surface area (TPSA) is 49.3 Å². The SMILES string of the molecule is CCC(CCCSC(C)C)(NC)C(=O)O. The predicted octanol–water partition coefficient (Wildman–Crippen LogP) is 2.36. The number of hydrogen-bond donors (Lipinski definition) is 2. The maximum Gasteiger partial charge on any atom is 0.323 e. The predicted molar refractivity (Wildman–Crippen MR) is 66.5 cm³/mol. The summed E-state index contributed by atoms with van der Waals surface area (Å²) in [5.74, 6) is 0.302. The molecule has 15 heavy (non-hydrogen) atoms. The van der Waals surface area contributed by atoms with Crippen LogP contribution >= 0.6 is 11.8 Å². The van der Waals surface area contributed by atoms with Crippen LogP contribution < -0.4 is 5.32 Å². The normalized spacial score (nSPS) is 15.3. The van der Waals surface area contributed by atoms with Gasteiger partial charge in [0.25, 0.3) is 0 Å². The van der Waals surface area contributed by atoms with Crippen LogP contribution in [0.15, 0.2) is 0 Å². The summed E-state index contributed by atoms with van der Waals surface area (Å²) in [5.41, 5.74) is -0.725. The van der Waals surface area contributed by atoms with Gasteiger partial charge >= 0.3 is 5.97 Å². The van der Waals surface area contributed by atoms with E-state index in [1.807, 2.05) is 18.7 Å². The van der Waals surface area contributed by atoms with Crippen molar-refractivity contribution >= 4 is 17.7 Å². The lowest BCUT2D eigenvalue weighted by Crippen LogP contribution is -2.49. The molecule has 0 aromatic rings. The molecule has 3 nitrogen and oxygen atoms in total. The summed E-state index contributed by atoms with van der Waals surface area (Å²) >= 11 is 1.88. The molecule has 0 aromatic carbocycles. The van der Waals surface area contributed by atoms with Crippen molar-refractivity contribution in [1.82, 2.24) is 5.32 Å². The van der Waals surface area contributed by atoms with Crippen molar-refractivity contribution in [3.8, 4) is 0 Å². The summed E-state index contributed by atoms with van der Waals surface area (Å²) in [5, 5.41) is 12.7. The lowest BCUT2D eigenvalue weighted by molar-refractivity contribution is -0.145. The standard InChI is InChI=1S/C11H23NO2S/c1-5-11(12-4,10(13)14)7-6-8-15-9(2)3/h9,12H,5-8H2,1-4H3,(H,13,14). The average Bonchev–Trinajstić information content (AvgIpc) is 2.18. The van der Waals surface area contributed by atoms with Crippen molar-refractivity contribution in [3.05, 3.63) is 0 Å². The number of thioether (sulfide) groups is 1. The first-order valence-corrected chi connectivity index (χ1v) is 6.57. The van der Waals surface area contributed by atoms with E-state index in [1.54, 1.807) is 7.05 Å². The summed E-state index contributed by atoms with van der Waals surface area (Å²) in [7, 11) is 1.73. The van der Waals surface area contributed by atoms with Gasteiger partial charge < -0.3 is 10.4 Å². The lowest BCUT2D eigenvalue weighted by atomic mass is 9.91. The Labute approximate surface area is 97.0 Å². The van der Waals surface area contributed by atoms with Crippen LogP contribution in [-0.4, -0.2) is 34.7 Å².